The van der Waals surface area contributed by atoms with E-state index in [1.165, 1.54) is 12.3 Å². The van der Waals surface area contributed by atoms with Crippen LogP contribution in [0.4, 0.5) is 10.2 Å². The fourth-order valence-electron chi connectivity index (χ4n) is 2.73. The Morgan fingerprint density at radius 2 is 2.35 bits per heavy atom. The minimum atomic E-state index is -0.681. The average Bonchev–Trinajstić information content (AvgIpc) is 2.72. The van der Waals surface area contributed by atoms with Gasteiger partial charge in [-0.05, 0) is 25.3 Å². The van der Waals surface area contributed by atoms with Gasteiger partial charge in [-0.2, -0.15) is 0 Å². The van der Waals surface area contributed by atoms with E-state index in [4.69, 9.17) is 5.84 Å². The van der Waals surface area contributed by atoms with Gasteiger partial charge in [-0.3, -0.25) is 4.79 Å². The van der Waals surface area contributed by atoms with Gasteiger partial charge in [0.1, 0.15) is 0 Å². The lowest BCUT2D eigenvalue weighted by Crippen LogP contribution is -2.40. The number of rotatable bonds is 3. The molecular formula is C14H21FN4O. The fourth-order valence-corrected chi connectivity index (χ4v) is 2.73. The molecule has 1 aliphatic heterocycles. The van der Waals surface area contributed by atoms with E-state index in [2.05, 4.69) is 17.3 Å². The van der Waals surface area contributed by atoms with E-state index in [1.54, 1.807) is 4.90 Å². The molecule has 0 bridgehead atoms. The monoisotopic (exact) mass is 280 g/mol. The topological polar surface area (TPSA) is 71.2 Å². The molecule has 1 aromatic heterocycles. The number of carbonyl (C=O) groups is 1. The third-order valence-electron chi connectivity index (χ3n) is 3.87. The lowest BCUT2D eigenvalue weighted by atomic mass is 10.1. The molecule has 0 saturated carbocycles. The molecule has 0 aromatic carbocycles. The molecule has 3 N–H and O–H groups in total. The van der Waals surface area contributed by atoms with Crippen molar-refractivity contribution in [2.75, 3.05) is 12.0 Å². The molecule has 1 atom stereocenters. The number of hydrogen-bond donors (Lipinski definition) is 2. The Balaban J connectivity index is 2.29. The number of hydrogen-bond acceptors (Lipinski definition) is 4. The van der Waals surface area contributed by atoms with Crippen molar-refractivity contribution >= 4 is 11.7 Å². The molecule has 0 aliphatic carbocycles. The molecule has 2 heterocycles. The van der Waals surface area contributed by atoms with Gasteiger partial charge >= 0.3 is 0 Å². The Hall–Kier alpha value is -1.69. The second-order valence-electron chi connectivity index (χ2n) is 5.08. The zero-order chi connectivity index (χ0) is 14.5. The molecule has 1 amide bonds. The lowest BCUT2D eigenvalue weighted by molar-refractivity contribution is 0.0673. The van der Waals surface area contributed by atoms with Crippen molar-refractivity contribution in [1.29, 1.82) is 0 Å². The van der Waals surface area contributed by atoms with Crippen molar-refractivity contribution in [1.82, 2.24) is 9.88 Å². The van der Waals surface area contributed by atoms with Crippen LogP contribution >= 0.6 is 0 Å². The van der Waals surface area contributed by atoms with Crippen molar-refractivity contribution in [3.63, 3.8) is 0 Å². The molecule has 6 heteroatoms. The number of aromatic nitrogens is 1. The molecule has 0 spiro atoms. The number of nitrogens with one attached hydrogen (secondary N) is 1. The summed E-state index contributed by atoms with van der Waals surface area (Å²) in [7, 11) is 0. The first-order chi connectivity index (χ1) is 9.69. The van der Waals surface area contributed by atoms with E-state index in [0.717, 1.165) is 32.1 Å². The van der Waals surface area contributed by atoms with Crippen LogP contribution in [0.2, 0.25) is 0 Å². The van der Waals surface area contributed by atoms with E-state index < -0.39 is 5.82 Å². The van der Waals surface area contributed by atoms with Crippen LogP contribution in [0.15, 0.2) is 12.3 Å². The number of anilines is 1. The zero-order valence-corrected chi connectivity index (χ0v) is 11.7. The van der Waals surface area contributed by atoms with Crippen LogP contribution in [0.1, 0.15) is 49.4 Å². The molecule has 110 valence electrons. The Kier molecular flexibility index (Phi) is 4.89. The molecule has 0 radical (unpaired) electrons. The van der Waals surface area contributed by atoms with Crippen LogP contribution in [0.25, 0.3) is 0 Å². The zero-order valence-electron chi connectivity index (χ0n) is 11.7. The van der Waals surface area contributed by atoms with E-state index >= 15 is 0 Å². The van der Waals surface area contributed by atoms with Crippen LogP contribution in [0.3, 0.4) is 0 Å². The summed E-state index contributed by atoms with van der Waals surface area (Å²) < 4.78 is 14.2. The predicted octanol–water partition coefficient (Wildman–Crippen LogP) is 2.30. The summed E-state index contributed by atoms with van der Waals surface area (Å²) in [4.78, 5) is 18.2. The largest absolute Gasteiger partial charge is 0.336 e. The maximum atomic E-state index is 14.2. The van der Waals surface area contributed by atoms with Gasteiger partial charge in [0.2, 0.25) is 0 Å². The Morgan fingerprint density at radius 1 is 1.55 bits per heavy atom. The van der Waals surface area contributed by atoms with Gasteiger partial charge < -0.3 is 10.3 Å². The minimum absolute atomic E-state index is 0.0355. The summed E-state index contributed by atoms with van der Waals surface area (Å²) in [5.41, 5.74) is 2.21. The maximum Gasteiger partial charge on any atom is 0.257 e. The van der Waals surface area contributed by atoms with Crippen molar-refractivity contribution < 1.29 is 9.18 Å². The first kappa shape index (κ1) is 14.7. The third-order valence-corrected chi connectivity index (χ3v) is 3.87. The predicted molar refractivity (Wildman–Crippen MR) is 75.6 cm³/mol. The van der Waals surface area contributed by atoms with Gasteiger partial charge in [0.15, 0.2) is 11.6 Å². The number of nitrogens with zero attached hydrogens (tertiary/aromatic N) is 2. The molecule has 20 heavy (non-hydrogen) atoms. The summed E-state index contributed by atoms with van der Waals surface area (Å²) in [5, 5.41) is 0. The van der Waals surface area contributed by atoms with E-state index in [9.17, 15) is 9.18 Å². The van der Waals surface area contributed by atoms with Gasteiger partial charge in [0, 0.05) is 18.8 Å². The van der Waals surface area contributed by atoms with Crippen LogP contribution in [-0.4, -0.2) is 28.4 Å². The Bertz CT molecular complexity index is 480. The number of carbonyl (C=O) groups excluding carboxylic acids is 1. The maximum absolute atomic E-state index is 14.2. The van der Waals surface area contributed by atoms with Gasteiger partial charge in [-0.1, -0.05) is 19.8 Å². The van der Waals surface area contributed by atoms with Gasteiger partial charge in [0.25, 0.3) is 5.91 Å². The minimum Gasteiger partial charge on any atom is -0.336 e. The van der Waals surface area contributed by atoms with E-state index in [0.29, 0.717) is 6.54 Å². The second-order valence-corrected chi connectivity index (χ2v) is 5.08. The summed E-state index contributed by atoms with van der Waals surface area (Å²) in [6.07, 6.45) is 6.48. The molecule has 1 saturated heterocycles. The molecule has 5 nitrogen and oxygen atoms in total. The summed E-state index contributed by atoms with van der Waals surface area (Å²) in [6.45, 7) is 2.75. The number of likely N-dealkylation sites (tertiary alicyclic amines) is 1. The molecule has 1 aliphatic rings. The van der Waals surface area contributed by atoms with Crippen LogP contribution < -0.4 is 11.3 Å². The number of nitrogens with two attached hydrogens (primary N) is 1. The number of halogens is 1. The molecule has 1 unspecified atom stereocenters. The standard InChI is InChI=1S/C14H21FN4O/c1-2-10-6-4-3-5-9-19(10)14(20)11-7-8-17-13(18-16)12(11)15/h7-8,10H,2-6,9,16H2,1H3,(H,17,18). The van der Waals surface area contributed by atoms with E-state index in [1.807, 2.05) is 0 Å². The molecule has 1 aromatic rings. The smallest absolute Gasteiger partial charge is 0.257 e. The molecular weight excluding hydrogens is 259 g/mol. The van der Waals surface area contributed by atoms with Crippen molar-refractivity contribution in [2.45, 2.75) is 45.1 Å². The highest BCUT2D eigenvalue weighted by atomic mass is 19.1. The highest BCUT2D eigenvalue weighted by Gasteiger charge is 2.27. The normalized spacial score (nSPS) is 19.6. The average molecular weight is 280 g/mol. The number of nitrogen functional groups attached to an aromatic ring is 1. The Morgan fingerprint density at radius 3 is 3.05 bits per heavy atom. The molecule has 1 fully saturated rings. The summed E-state index contributed by atoms with van der Waals surface area (Å²) >= 11 is 0. The van der Waals surface area contributed by atoms with Crippen LogP contribution in [0.5, 0.6) is 0 Å². The van der Waals surface area contributed by atoms with Gasteiger partial charge in [-0.25, -0.2) is 15.2 Å². The first-order valence-corrected chi connectivity index (χ1v) is 7.11. The fraction of sp³-hybridized carbons (Fsp3) is 0.571. The number of amides is 1. The van der Waals surface area contributed by atoms with Gasteiger partial charge in [-0.15, -0.1) is 0 Å². The highest BCUT2D eigenvalue weighted by molar-refractivity contribution is 5.95. The van der Waals surface area contributed by atoms with Crippen LogP contribution in [0, 0.1) is 5.82 Å². The van der Waals surface area contributed by atoms with Crippen LogP contribution in [-0.2, 0) is 0 Å². The quantitative estimate of drug-likeness (QED) is 0.658. The second kappa shape index (κ2) is 6.65. The van der Waals surface area contributed by atoms with Crippen molar-refractivity contribution in [3.05, 3.63) is 23.6 Å². The van der Waals surface area contributed by atoms with E-state index in [-0.39, 0.29) is 23.3 Å². The summed E-state index contributed by atoms with van der Waals surface area (Å²) in [5.74, 6) is 4.15. The van der Waals surface area contributed by atoms with Crippen molar-refractivity contribution in [3.8, 4) is 0 Å². The van der Waals surface area contributed by atoms with Crippen molar-refractivity contribution in [2.24, 2.45) is 5.84 Å². The number of pyridine rings is 1. The highest BCUT2D eigenvalue weighted by Crippen LogP contribution is 2.23. The van der Waals surface area contributed by atoms with Gasteiger partial charge in [0.05, 0.1) is 5.56 Å². The molecule has 2 rings (SSSR count). The SMILES string of the molecule is CCC1CCCCCN1C(=O)c1ccnc(NN)c1F. The first-order valence-electron chi connectivity index (χ1n) is 7.11. The Labute approximate surface area is 118 Å². The summed E-state index contributed by atoms with van der Waals surface area (Å²) in [6, 6.07) is 1.60. The number of hydrazine groups is 1. The third kappa shape index (κ3) is 2.90. The lowest BCUT2D eigenvalue weighted by Gasteiger charge is -2.29.